The second kappa shape index (κ2) is 7.05. The maximum atomic E-state index is 12.0. The lowest BCUT2D eigenvalue weighted by Gasteiger charge is -2.18. The van der Waals surface area contributed by atoms with Crippen LogP contribution in [-0.2, 0) is 11.2 Å². The smallest absolute Gasteiger partial charge is 0.224 e. The molecule has 1 heterocycles. The van der Waals surface area contributed by atoms with Crippen LogP contribution < -0.4 is 5.32 Å². The Labute approximate surface area is 117 Å². The van der Waals surface area contributed by atoms with Crippen LogP contribution in [0.3, 0.4) is 0 Å². The van der Waals surface area contributed by atoms with Crippen LogP contribution in [0.4, 0.5) is 0 Å². The summed E-state index contributed by atoms with van der Waals surface area (Å²) in [6.07, 6.45) is 1.80. The molecule has 1 aromatic carbocycles. The predicted octanol–water partition coefficient (Wildman–Crippen LogP) is 2.71. The first-order valence-corrected chi connectivity index (χ1v) is 7.96. The van der Waals surface area contributed by atoms with Gasteiger partial charge in [0, 0.05) is 23.6 Å². The SMILES string of the molecule is O=C(NC(CCl)Cc1ccccc1)C1CCSC1. The average Bonchev–Trinajstić information content (AvgIpc) is 2.93. The fraction of sp³-hybridized carbons (Fsp3) is 0.500. The molecule has 1 N–H and O–H groups in total. The van der Waals surface area contributed by atoms with E-state index < -0.39 is 0 Å². The third-order valence-electron chi connectivity index (χ3n) is 3.16. The molecule has 4 heteroatoms. The first-order chi connectivity index (χ1) is 8.79. The zero-order valence-electron chi connectivity index (χ0n) is 10.3. The van der Waals surface area contributed by atoms with Gasteiger partial charge >= 0.3 is 0 Å². The Morgan fingerprint density at radius 3 is 2.83 bits per heavy atom. The van der Waals surface area contributed by atoms with Crippen molar-refractivity contribution in [1.82, 2.24) is 5.32 Å². The number of nitrogens with one attached hydrogen (secondary N) is 1. The summed E-state index contributed by atoms with van der Waals surface area (Å²) in [5.74, 6) is 2.85. The highest BCUT2D eigenvalue weighted by molar-refractivity contribution is 7.99. The molecule has 0 bridgehead atoms. The molecule has 0 aromatic heterocycles. The van der Waals surface area contributed by atoms with Crippen molar-refractivity contribution in [2.45, 2.75) is 18.9 Å². The van der Waals surface area contributed by atoms with E-state index in [1.165, 1.54) is 5.56 Å². The number of alkyl halides is 1. The van der Waals surface area contributed by atoms with E-state index in [0.29, 0.717) is 5.88 Å². The maximum Gasteiger partial charge on any atom is 0.224 e. The second-order valence-electron chi connectivity index (χ2n) is 4.61. The molecule has 98 valence electrons. The van der Waals surface area contributed by atoms with Gasteiger partial charge in [-0.3, -0.25) is 4.79 Å². The first-order valence-electron chi connectivity index (χ1n) is 6.27. The van der Waals surface area contributed by atoms with E-state index in [2.05, 4.69) is 17.4 Å². The number of carbonyl (C=O) groups is 1. The van der Waals surface area contributed by atoms with E-state index in [-0.39, 0.29) is 17.9 Å². The molecule has 2 nitrogen and oxygen atoms in total. The minimum absolute atomic E-state index is 0.0344. The Hall–Kier alpha value is -0.670. The molecule has 2 atom stereocenters. The van der Waals surface area contributed by atoms with Crippen molar-refractivity contribution >= 4 is 29.3 Å². The van der Waals surface area contributed by atoms with Crippen molar-refractivity contribution in [3.63, 3.8) is 0 Å². The number of carbonyl (C=O) groups excluding carboxylic acids is 1. The molecule has 2 rings (SSSR count). The van der Waals surface area contributed by atoms with Gasteiger partial charge in [0.05, 0.1) is 0 Å². The van der Waals surface area contributed by atoms with E-state index >= 15 is 0 Å². The number of halogens is 1. The van der Waals surface area contributed by atoms with Crippen LogP contribution in [0.25, 0.3) is 0 Å². The molecule has 2 unspecified atom stereocenters. The molecule has 1 fully saturated rings. The first kappa shape index (κ1) is 13.8. The van der Waals surface area contributed by atoms with Crippen molar-refractivity contribution in [2.75, 3.05) is 17.4 Å². The van der Waals surface area contributed by atoms with E-state index in [1.807, 2.05) is 30.0 Å². The van der Waals surface area contributed by atoms with Crippen molar-refractivity contribution in [3.05, 3.63) is 35.9 Å². The zero-order valence-corrected chi connectivity index (χ0v) is 11.8. The Morgan fingerprint density at radius 2 is 2.22 bits per heavy atom. The van der Waals surface area contributed by atoms with Crippen molar-refractivity contribution in [3.8, 4) is 0 Å². The lowest BCUT2D eigenvalue weighted by atomic mass is 10.0. The molecular formula is C14H18ClNOS. The molecule has 1 aliphatic rings. The van der Waals surface area contributed by atoms with Gasteiger partial charge in [0.25, 0.3) is 0 Å². The zero-order chi connectivity index (χ0) is 12.8. The van der Waals surface area contributed by atoms with Gasteiger partial charge < -0.3 is 5.32 Å². The Kier molecular flexibility index (Phi) is 5.39. The van der Waals surface area contributed by atoms with E-state index in [1.54, 1.807) is 0 Å². The van der Waals surface area contributed by atoms with E-state index in [9.17, 15) is 4.79 Å². The standard InChI is InChI=1S/C14H18ClNOS/c15-9-13(8-11-4-2-1-3-5-11)16-14(17)12-6-7-18-10-12/h1-5,12-13H,6-10H2,(H,16,17). The molecule has 0 aliphatic carbocycles. The molecular weight excluding hydrogens is 266 g/mol. The largest absolute Gasteiger partial charge is 0.352 e. The molecule has 1 aliphatic heterocycles. The molecule has 0 radical (unpaired) electrons. The van der Waals surface area contributed by atoms with Gasteiger partial charge in [-0.05, 0) is 24.2 Å². The highest BCUT2D eigenvalue weighted by Gasteiger charge is 2.24. The summed E-state index contributed by atoms with van der Waals surface area (Å²) < 4.78 is 0. The summed E-state index contributed by atoms with van der Waals surface area (Å²) in [5, 5.41) is 3.07. The van der Waals surface area contributed by atoms with Crippen LogP contribution in [0.2, 0.25) is 0 Å². The monoisotopic (exact) mass is 283 g/mol. The highest BCUT2D eigenvalue weighted by Crippen LogP contribution is 2.23. The fourth-order valence-corrected chi connectivity index (χ4v) is 3.51. The summed E-state index contributed by atoms with van der Waals surface area (Å²) in [5.41, 5.74) is 1.21. The van der Waals surface area contributed by atoms with Gasteiger partial charge in [-0.1, -0.05) is 30.3 Å². The fourth-order valence-electron chi connectivity index (χ4n) is 2.10. The number of rotatable bonds is 5. The van der Waals surface area contributed by atoms with Gasteiger partial charge in [0.15, 0.2) is 0 Å². The van der Waals surface area contributed by atoms with Crippen LogP contribution in [0.1, 0.15) is 12.0 Å². The molecule has 1 aromatic rings. The molecule has 18 heavy (non-hydrogen) atoms. The minimum Gasteiger partial charge on any atom is -0.352 e. The van der Waals surface area contributed by atoms with E-state index in [4.69, 9.17) is 11.6 Å². The molecule has 1 saturated heterocycles. The van der Waals surface area contributed by atoms with Crippen LogP contribution in [0.15, 0.2) is 30.3 Å². The summed E-state index contributed by atoms with van der Waals surface area (Å²) >= 11 is 7.80. The highest BCUT2D eigenvalue weighted by atomic mass is 35.5. The number of amides is 1. The minimum atomic E-state index is 0.0344. The van der Waals surface area contributed by atoms with Crippen LogP contribution in [0.5, 0.6) is 0 Å². The Morgan fingerprint density at radius 1 is 1.44 bits per heavy atom. The lowest BCUT2D eigenvalue weighted by Crippen LogP contribution is -2.41. The number of benzene rings is 1. The van der Waals surface area contributed by atoms with Gasteiger partial charge in [-0.2, -0.15) is 11.8 Å². The third-order valence-corrected chi connectivity index (χ3v) is 4.69. The number of hydrogen-bond acceptors (Lipinski definition) is 2. The number of hydrogen-bond donors (Lipinski definition) is 1. The Bertz CT molecular complexity index is 379. The van der Waals surface area contributed by atoms with Gasteiger partial charge in [-0.25, -0.2) is 0 Å². The lowest BCUT2D eigenvalue weighted by molar-refractivity contribution is -0.124. The van der Waals surface area contributed by atoms with E-state index in [0.717, 1.165) is 24.3 Å². The van der Waals surface area contributed by atoms with Gasteiger partial charge in [0.2, 0.25) is 5.91 Å². The summed E-state index contributed by atoms with van der Waals surface area (Å²) in [6, 6.07) is 10.2. The average molecular weight is 284 g/mol. The maximum absolute atomic E-state index is 12.0. The van der Waals surface area contributed by atoms with Crippen molar-refractivity contribution < 1.29 is 4.79 Å². The van der Waals surface area contributed by atoms with Crippen LogP contribution in [0, 0.1) is 5.92 Å². The molecule has 0 spiro atoms. The van der Waals surface area contributed by atoms with Gasteiger partial charge in [0.1, 0.15) is 0 Å². The molecule has 1 amide bonds. The van der Waals surface area contributed by atoms with Crippen LogP contribution >= 0.6 is 23.4 Å². The summed E-state index contributed by atoms with van der Waals surface area (Å²) in [6.45, 7) is 0. The van der Waals surface area contributed by atoms with Crippen molar-refractivity contribution in [2.24, 2.45) is 5.92 Å². The second-order valence-corrected chi connectivity index (χ2v) is 6.07. The Balaban J connectivity index is 1.87. The van der Waals surface area contributed by atoms with Crippen LogP contribution in [-0.4, -0.2) is 29.3 Å². The van der Waals surface area contributed by atoms with Gasteiger partial charge in [-0.15, -0.1) is 11.6 Å². The quantitative estimate of drug-likeness (QED) is 0.842. The topological polar surface area (TPSA) is 29.1 Å². The predicted molar refractivity (Wildman–Crippen MR) is 78.2 cm³/mol. The third kappa shape index (κ3) is 3.92. The van der Waals surface area contributed by atoms with Crippen molar-refractivity contribution in [1.29, 1.82) is 0 Å². The summed E-state index contributed by atoms with van der Waals surface area (Å²) in [7, 11) is 0. The number of thioether (sulfide) groups is 1. The summed E-state index contributed by atoms with van der Waals surface area (Å²) in [4.78, 5) is 12.0. The molecule has 0 saturated carbocycles. The normalized spacial score (nSPS) is 20.6.